The van der Waals surface area contributed by atoms with Gasteiger partial charge in [-0.1, -0.05) is 18.2 Å². The molecule has 1 aromatic carbocycles. The topological polar surface area (TPSA) is 88.0 Å². The Balaban J connectivity index is 1.67. The quantitative estimate of drug-likeness (QED) is 0.592. The second-order valence-electron chi connectivity index (χ2n) is 5.88. The van der Waals surface area contributed by atoms with Crippen molar-refractivity contribution in [3.8, 4) is 11.5 Å². The van der Waals surface area contributed by atoms with Crippen molar-refractivity contribution in [1.82, 2.24) is 9.97 Å². The smallest absolute Gasteiger partial charge is 0.261 e. The van der Waals surface area contributed by atoms with E-state index >= 15 is 0 Å². The van der Waals surface area contributed by atoms with E-state index in [1.54, 1.807) is 24.3 Å². The van der Waals surface area contributed by atoms with Crippen LogP contribution in [0.15, 0.2) is 70.1 Å². The Kier molecular flexibility index (Phi) is 3.85. The van der Waals surface area contributed by atoms with Crippen molar-refractivity contribution in [2.45, 2.75) is 6.92 Å². The van der Waals surface area contributed by atoms with Gasteiger partial charge in [-0.05, 0) is 43.3 Å². The maximum absolute atomic E-state index is 12.6. The molecule has 0 saturated heterocycles. The summed E-state index contributed by atoms with van der Waals surface area (Å²) in [6, 6.07) is 15.9. The first kappa shape index (κ1) is 15.8. The zero-order valence-corrected chi connectivity index (χ0v) is 13.9. The second-order valence-corrected chi connectivity index (χ2v) is 5.88. The highest BCUT2D eigenvalue weighted by molar-refractivity contribution is 6.08. The molecular formula is C20H15N3O3. The summed E-state index contributed by atoms with van der Waals surface area (Å²) in [5.74, 6) is 0.0378. The number of fused-ring (bicyclic) bond motifs is 1. The van der Waals surface area contributed by atoms with E-state index in [1.807, 2.05) is 31.2 Å². The van der Waals surface area contributed by atoms with Crippen molar-refractivity contribution in [1.29, 1.82) is 0 Å². The van der Waals surface area contributed by atoms with E-state index in [4.69, 9.17) is 4.42 Å². The van der Waals surface area contributed by atoms with E-state index in [-0.39, 0.29) is 5.56 Å². The fourth-order valence-electron chi connectivity index (χ4n) is 2.76. The Labute approximate surface area is 148 Å². The molecule has 4 aromatic rings. The molecule has 3 aromatic heterocycles. The van der Waals surface area contributed by atoms with E-state index in [2.05, 4.69) is 15.3 Å². The minimum Gasteiger partial charge on any atom is -0.463 e. The van der Waals surface area contributed by atoms with Crippen molar-refractivity contribution >= 4 is 22.5 Å². The van der Waals surface area contributed by atoms with Gasteiger partial charge in [0.15, 0.2) is 0 Å². The monoisotopic (exact) mass is 345 g/mol. The van der Waals surface area contributed by atoms with Gasteiger partial charge in [-0.3, -0.25) is 14.6 Å². The molecule has 0 radical (unpaired) electrons. The Hall–Kier alpha value is -3.67. The van der Waals surface area contributed by atoms with Gasteiger partial charge in [-0.25, -0.2) is 0 Å². The predicted octanol–water partition coefficient (Wildman–Crippen LogP) is 3.74. The zero-order chi connectivity index (χ0) is 18.1. The van der Waals surface area contributed by atoms with E-state index in [9.17, 15) is 9.59 Å². The summed E-state index contributed by atoms with van der Waals surface area (Å²) >= 11 is 0. The van der Waals surface area contributed by atoms with Gasteiger partial charge < -0.3 is 14.7 Å². The fraction of sp³-hybridized carbons (Fsp3) is 0.0500. The minimum atomic E-state index is -0.493. The summed E-state index contributed by atoms with van der Waals surface area (Å²) in [4.78, 5) is 32.0. The number of hydrogen-bond acceptors (Lipinski definition) is 4. The third-order valence-electron chi connectivity index (χ3n) is 4.05. The Bertz CT molecular complexity index is 1160. The summed E-state index contributed by atoms with van der Waals surface area (Å²) < 4.78 is 5.25. The second kappa shape index (κ2) is 6.33. The highest BCUT2D eigenvalue weighted by Crippen LogP contribution is 2.22. The number of hydrogen-bond donors (Lipinski definition) is 2. The summed E-state index contributed by atoms with van der Waals surface area (Å²) in [6.45, 7) is 1.89. The van der Waals surface area contributed by atoms with Crippen molar-refractivity contribution in [2.75, 3.05) is 5.32 Å². The number of benzene rings is 1. The van der Waals surface area contributed by atoms with Crippen LogP contribution < -0.4 is 10.9 Å². The molecule has 6 heteroatoms. The van der Waals surface area contributed by atoms with Crippen LogP contribution in [0.25, 0.3) is 22.4 Å². The lowest BCUT2D eigenvalue weighted by Crippen LogP contribution is -2.23. The standard InChI is InChI=1S/C20H15N3O3/c1-12-7-8-13-4-2-5-16(18(13)21-12)23-20(25)14-9-10-15(22-19(14)24)17-6-3-11-26-17/h2-11H,1H3,(H,22,24)(H,23,25). The number of aromatic nitrogens is 2. The maximum Gasteiger partial charge on any atom is 0.261 e. The molecule has 26 heavy (non-hydrogen) atoms. The van der Waals surface area contributed by atoms with E-state index in [0.29, 0.717) is 22.7 Å². The van der Waals surface area contributed by atoms with Crippen LogP contribution in [-0.2, 0) is 0 Å². The van der Waals surface area contributed by atoms with Gasteiger partial charge in [0.1, 0.15) is 11.3 Å². The number of carbonyl (C=O) groups excluding carboxylic acids is 1. The molecule has 4 rings (SSSR count). The van der Waals surface area contributed by atoms with Crippen LogP contribution in [0.3, 0.4) is 0 Å². The van der Waals surface area contributed by atoms with Crippen molar-refractivity contribution < 1.29 is 9.21 Å². The van der Waals surface area contributed by atoms with Gasteiger partial charge in [0.25, 0.3) is 11.5 Å². The molecule has 0 unspecified atom stereocenters. The van der Waals surface area contributed by atoms with Crippen LogP contribution >= 0.6 is 0 Å². The number of amides is 1. The van der Waals surface area contributed by atoms with Crippen molar-refractivity contribution in [3.05, 3.63) is 82.5 Å². The number of para-hydroxylation sites is 1. The van der Waals surface area contributed by atoms with Crippen molar-refractivity contribution in [3.63, 3.8) is 0 Å². The molecule has 0 spiro atoms. The molecule has 3 heterocycles. The molecular weight excluding hydrogens is 330 g/mol. The third-order valence-corrected chi connectivity index (χ3v) is 4.05. The minimum absolute atomic E-state index is 0.0185. The summed E-state index contributed by atoms with van der Waals surface area (Å²) in [6.07, 6.45) is 1.52. The highest BCUT2D eigenvalue weighted by Gasteiger charge is 2.14. The van der Waals surface area contributed by atoms with Gasteiger partial charge in [-0.2, -0.15) is 0 Å². The number of pyridine rings is 2. The lowest BCUT2D eigenvalue weighted by atomic mass is 10.1. The first-order valence-corrected chi connectivity index (χ1v) is 8.07. The van der Waals surface area contributed by atoms with Crippen LogP contribution in [0, 0.1) is 6.92 Å². The van der Waals surface area contributed by atoms with Gasteiger partial charge in [0, 0.05) is 11.1 Å². The van der Waals surface area contributed by atoms with Gasteiger partial charge in [0.2, 0.25) is 0 Å². The first-order chi connectivity index (χ1) is 12.6. The highest BCUT2D eigenvalue weighted by atomic mass is 16.3. The van der Waals surface area contributed by atoms with Gasteiger partial charge >= 0.3 is 0 Å². The summed E-state index contributed by atoms with van der Waals surface area (Å²) in [5.41, 5.74) is 2.14. The van der Waals surface area contributed by atoms with Crippen LogP contribution in [-0.4, -0.2) is 15.9 Å². The number of carbonyl (C=O) groups is 1. The molecule has 1 amide bonds. The van der Waals surface area contributed by atoms with Gasteiger partial charge in [0.05, 0.1) is 23.2 Å². The van der Waals surface area contributed by atoms with Crippen LogP contribution in [0.1, 0.15) is 16.1 Å². The number of H-pyrrole nitrogens is 1. The molecule has 0 aliphatic carbocycles. The maximum atomic E-state index is 12.6. The number of nitrogens with one attached hydrogen (secondary N) is 2. The molecule has 128 valence electrons. The number of rotatable bonds is 3. The fourth-order valence-corrected chi connectivity index (χ4v) is 2.76. The molecule has 0 aliphatic heterocycles. The summed E-state index contributed by atoms with van der Waals surface area (Å²) in [7, 11) is 0. The van der Waals surface area contributed by atoms with Crippen LogP contribution in [0.2, 0.25) is 0 Å². The Morgan fingerprint density at radius 3 is 2.73 bits per heavy atom. The number of aromatic amines is 1. The predicted molar refractivity (Wildman–Crippen MR) is 99.2 cm³/mol. The molecule has 0 bridgehead atoms. The number of nitrogens with zero attached hydrogens (tertiary/aromatic N) is 1. The average Bonchev–Trinajstić information content (AvgIpc) is 3.16. The molecule has 0 aliphatic rings. The molecule has 0 saturated carbocycles. The number of aryl methyl sites for hydroxylation is 1. The molecule has 0 atom stereocenters. The lowest BCUT2D eigenvalue weighted by Gasteiger charge is -2.09. The van der Waals surface area contributed by atoms with E-state index < -0.39 is 11.5 Å². The van der Waals surface area contributed by atoms with Crippen LogP contribution in [0.4, 0.5) is 5.69 Å². The first-order valence-electron chi connectivity index (χ1n) is 8.07. The molecule has 6 nitrogen and oxygen atoms in total. The normalized spacial score (nSPS) is 10.8. The van der Waals surface area contributed by atoms with Gasteiger partial charge in [-0.15, -0.1) is 0 Å². The number of furan rings is 1. The SMILES string of the molecule is Cc1ccc2cccc(NC(=O)c3ccc(-c4ccco4)[nH]c3=O)c2n1. The summed E-state index contributed by atoms with van der Waals surface area (Å²) in [5, 5.41) is 3.69. The molecule has 2 N–H and O–H groups in total. The lowest BCUT2D eigenvalue weighted by molar-refractivity contribution is 0.102. The average molecular weight is 345 g/mol. The number of anilines is 1. The molecule has 0 fully saturated rings. The Morgan fingerprint density at radius 2 is 1.96 bits per heavy atom. The van der Waals surface area contributed by atoms with Crippen molar-refractivity contribution in [2.24, 2.45) is 0 Å². The zero-order valence-electron chi connectivity index (χ0n) is 13.9. The van der Waals surface area contributed by atoms with Crippen LogP contribution in [0.5, 0.6) is 0 Å². The largest absolute Gasteiger partial charge is 0.463 e. The third kappa shape index (κ3) is 2.88. The van der Waals surface area contributed by atoms with E-state index in [1.165, 1.54) is 12.3 Å². The Morgan fingerprint density at radius 1 is 1.08 bits per heavy atom. The van der Waals surface area contributed by atoms with E-state index in [0.717, 1.165) is 11.1 Å².